The quantitative estimate of drug-likeness (QED) is 0.436. The summed E-state index contributed by atoms with van der Waals surface area (Å²) in [5, 5.41) is 0.218. The molecule has 0 aliphatic heterocycles. The molecule has 1 aliphatic carbocycles. The Hall–Kier alpha value is -0.260. The first-order chi connectivity index (χ1) is 7.11. The van der Waals surface area contributed by atoms with Crippen LogP contribution in [0.4, 0.5) is 0 Å². The zero-order chi connectivity index (χ0) is 11.3. The van der Waals surface area contributed by atoms with E-state index >= 15 is 0 Å². The van der Waals surface area contributed by atoms with Crippen LogP contribution in [0.15, 0.2) is 12.2 Å². The van der Waals surface area contributed by atoms with Crippen molar-refractivity contribution in [1.82, 2.24) is 0 Å². The van der Waals surface area contributed by atoms with E-state index in [1.165, 1.54) is 14.2 Å². The standard InChI is InChI=1S/C10H14ClO3P/c1-13-15(12,14-2)7-5-3-4-6-9-8-10(9)11/h3,5,9-10H,7-8H2,1-2H3/b5-3+/t9-,10-/m0/s1. The van der Waals surface area contributed by atoms with E-state index in [1.807, 2.05) is 0 Å². The maximum absolute atomic E-state index is 11.5. The molecular weight excluding hydrogens is 235 g/mol. The molecule has 0 saturated heterocycles. The summed E-state index contributed by atoms with van der Waals surface area (Å²) in [5.74, 6) is 6.17. The second-order valence-corrected chi connectivity index (χ2v) is 6.09. The van der Waals surface area contributed by atoms with Gasteiger partial charge < -0.3 is 9.05 Å². The van der Waals surface area contributed by atoms with Crippen LogP contribution in [-0.2, 0) is 13.6 Å². The van der Waals surface area contributed by atoms with Gasteiger partial charge in [-0.15, -0.1) is 11.6 Å². The van der Waals surface area contributed by atoms with Gasteiger partial charge in [-0.05, 0) is 12.5 Å². The average Bonchev–Trinajstić information content (AvgIpc) is 2.94. The Morgan fingerprint density at radius 3 is 2.60 bits per heavy atom. The van der Waals surface area contributed by atoms with Gasteiger partial charge in [0.05, 0.1) is 6.16 Å². The van der Waals surface area contributed by atoms with E-state index in [2.05, 4.69) is 11.8 Å². The van der Waals surface area contributed by atoms with Crippen LogP contribution >= 0.6 is 19.2 Å². The van der Waals surface area contributed by atoms with Crippen LogP contribution in [0.5, 0.6) is 0 Å². The highest BCUT2D eigenvalue weighted by atomic mass is 35.5. The second kappa shape index (κ2) is 5.72. The molecule has 84 valence electrons. The van der Waals surface area contributed by atoms with Gasteiger partial charge in [-0.25, -0.2) is 0 Å². The van der Waals surface area contributed by atoms with Gasteiger partial charge in [0.15, 0.2) is 0 Å². The van der Waals surface area contributed by atoms with Crippen molar-refractivity contribution in [3.8, 4) is 11.8 Å². The molecule has 15 heavy (non-hydrogen) atoms. The summed E-state index contributed by atoms with van der Waals surface area (Å²) in [5.41, 5.74) is 0. The molecule has 0 bridgehead atoms. The first-order valence-corrected chi connectivity index (χ1v) is 6.78. The van der Waals surface area contributed by atoms with Gasteiger partial charge in [0.2, 0.25) is 0 Å². The van der Waals surface area contributed by atoms with E-state index in [0.29, 0.717) is 5.92 Å². The molecule has 0 aromatic rings. The fourth-order valence-corrected chi connectivity index (χ4v) is 2.00. The van der Waals surface area contributed by atoms with E-state index in [9.17, 15) is 4.57 Å². The summed E-state index contributed by atoms with van der Waals surface area (Å²) in [7, 11) is -0.188. The molecule has 0 unspecified atom stereocenters. The highest BCUT2D eigenvalue weighted by Gasteiger charge is 2.33. The Balaban J connectivity index is 2.32. The van der Waals surface area contributed by atoms with Crippen molar-refractivity contribution in [2.75, 3.05) is 20.4 Å². The lowest BCUT2D eigenvalue weighted by atomic mass is 10.4. The number of hydrogen-bond acceptors (Lipinski definition) is 3. The lowest BCUT2D eigenvalue weighted by Gasteiger charge is -2.09. The lowest BCUT2D eigenvalue weighted by Crippen LogP contribution is -1.91. The summed E-state index contributed by atoms with van der Waals surface area (Å²) in [6, 6.07) is 0. The van der Waals surface area contributed by atoms with Crippen molar-refractivity contribution >= 4 is 19.2 Å². The fraction of sp³-hybridized carbons (Fsp3) is 0.600. The predicted molar refractivity (Wildman–Crippen MR) is 61.2 cm³/mol. The van der Waals surface area contributed by atoms with Crippen LogP contribution in [0.3, 0.4) is 0 Å². The first kappa shape index (κ1) is 12.8. The topological polar surface area (TPSA) is 35.5 Å². The normalized spacial score (nSPS) is 25.0. The molecule has 2 atom stereocenters. The Labute approximate surface area is 95.3 Å². The van der Waals surface area contributed by atoms with Crippen molar-refractivity contribution in [1.29, 1.82) is 0 Å². The lowest BCUT2D eigenvalue weighted by molar-refractivity contribution is 0.279. The largest absolute Gasteiger partial charge is 0.333 e. The molecule has 0 amide bonds. The van der Waals surface area contributed by atoms with Crippen molar-refractivity contribution in [3.05, 3.63) is 12.2 Å². The minimum atomic E-state index is -2.92. The SMILES string of the molecule is COP(=O)(C/C=C/C#C[C@H]1C[C@@H]1Cl)OC. The number of alkyl halides is 1. The molecule has 1 rings (SSSR count). The summed E-state index contributed by atoms with van der Waals surface area (Å²) in [6.07, 6.45) is 4.56. The maximum atomic E-state index is 11.5. The number of hydrogen-bond donors (Lipinski definition) is 0. The molecule has 3 nitrogen and oxygen atoms in total. The third-order valence-electron chi connectivity index (χ3n) is 2.07. The predicted octanol–water partition coefficient (Wildman–Crippen LogP) is 2.66. The fourth-order valence-electron chi connectivity index (χ4n) is 0.933. The molecule has 0 spiro atoms. The van der Waals surface area contributed by atoms with Crippen LogP contribution in [0.25, 0.3) is 0 Å². The van der Waals surface area contributed by atoms with Crippen LogP contribution < -0.4 is 0 Å². The van der Waals surface area contributed by atoms with Gasteiger partial charge >= 0.3 is 7.60 Å². The third kappa shape index (κ3) is 4.40. The van der Waals surface area contributed by atoms with Gasteiger partial charge in [-0.3, -0.25) is 4.57 Å². The van der Waals surface area contributed by atoms with Crippen LogP contribution in [-0.4, -0.2) is 25.8 Å². The molecule has 5 heteroatoms. The van der Waals surface area contributed by atoms with E-state index in [4.69, 9.17) is 20.6 Å². The maximum Gasteiger partial charge on any atom is 0.333 e. The molecular formula is C10H14ClO3P. The van der Waals surface area contributed by atoms with Gasteiger partial charge in [0.1, 0.15) is 0 Å². The van der Waals surface area contributed by atoms with Crippen molar-refractivity contribution in [3.63, 3.8) is 0 Å². The van der Waals surface area contributed by atoms with E-state index in [-0.39, 0.29) is 11.5 Å². The Bertz CT molecular complexity index is 334. The smallest absolute Gasteiger partial charge is 0.312 e. The zero-order valence-corrected chi connectivity index (χ0v) is 10.4. The van der Waals surface area contributed by atoms with E-state index in [0.717, 1.165) is 6.42 Å². The summed E-state index contributed by atoms with van der Waals surface area (Å²) >= 11 is 5.77. The molecule has 1 aliphatic rings. The summed E-state index contributed by atoms with van der Waals surface area (Å²) in [4.78, 5) is 0. The average molecular weight is 249 g/mol. The number of halogens is 1. The highest BCUT2D eigenvalue weighted by molar-refractivity contribution is 7.54. The minimum Gasteiger partial charge on any atom is -0.312 e. The van der Waals surface area contributed by atoms with E-state index < -0.39 is 7.60 Å². The molecule has 0 aromatic carbocycles. The number of rotatable bonds is 4. The summed E-state index contributed by atoms with van der Waals surface area (Å²) < 4.78 is 21.1. The zero-order valence-electron chi connectivity index (χ0n) is 8.77. The van der Waals surface area contributed by atoms with Crippen molar-refractivity contribution in [2.45, 2.75) is 11.8 Å². The highest BCUT2D eigenvalue weighted by Crippen LogP contribution is 2.46. The van der Waals surface area contributed by atoms with Crippen LogP contribution in [0.1, 0.15) is 6.42 Å². The van der Waals surface area contributed by atoms with Gasteiger partial charge in [0, 0.05) is 25.5 Å². The van der Waals surface area contributed by atoms with Crippen LogP contribution in [0.2, 0.25) is 0 Å². The molecule has 1 saturated carbocycles. The van der Waals surface area contributed by atoms with Gasteiger partial charge in [-0.1, -0.05) is 17.9 Å². The molecule has 1 fully saturated rings. The van der Waals surface area contributed by atoms with Crippen LogP contribution in [0, 0.1) is 17.8 Å². The van der Waals surface area contributed by atoms with E-state index in [1.54, 1.807) is 12.2 Å². The Morgan fingerprint density at radius 2 is 2.13 bits per heavy atom. The summed E-state index contributed by atoms with van der Waals surface area (Å²) in [6.45, 7) is 0. The van der Waals surface area contributed by atoms with Gasteiger partial charge in [0.25, 0.3) is 0 Å². The first-order valence-electron chi connectivity index (χ1n) is 4.62. The monoisotopic (exact) mass is 248 g/mol. The second-order valence-electron chi connectivity index (χ2n) is 3.21. The molecule has 0 radical (unpaired) electrons. The molecule has 0 heterocycles. The van der Waals surface area contributed by atoms with Gasteiger partial charge in [-0.2, -0.15) is 0 Å². The third-order valence-corrected chi connectivity index (χ3v) is 4.32. The molecule has 0 N–H and O–H groups in total. The van der Waals surface area contributed by atoms with Crippen molar-refractivity contribution in [2.24, 2.45) is 5.92 Å². The Kier molecular flexibility index (Phi) is 4.89. The molecule has 0 aromatic heterocycles. The van der Waals surface area contributed by atoms with Crippen molar-refractivity contribution < 1.29 is 13.6 Å². The Morgan fingerprint density at radius 1 is 1.53 bits per heavy atom. The minimum absolute atomic E-state index is 0.218. The number of allylic oxidation sites excluding steroid dienone is 2.